The van der Waals surface area contributed by atoms with Crippen molar-refractivity contribution in [2.24, 2.45) is 0 Å². The van der Waals surface area contributed by atoms with E-state index in [0.717, 1.165) is 6.42 Å². The van der Waals surface area contributed by atoms with Gasteiger partial charge in [0.05, 0.1) is 5.56 Å². The Hall–Kier alpha value is -1.96. The van der Waals surface area contributed by atoms with Crippen LogP contribution < -0.4 is 11.2 Å². The fourth-order valence-corrected chi connectivity index (χ4v) is 1.62. The van der Waals surface area contributed by atoms with Gasteiger partial charge in [-0.1, -0.05) is 6.92 Å². The normalized spacial score (nSPS) is 10.1. The van der Waals surface area contributed by atoms with Crippen LogP contribution in [0.5, 0.6) is 5.88 Å². The Morgan fingerprint density at radius 1 is 1.41 bits per heavy atom. The lowest BCUT2D eigenvalue weighted by molar-refractivity contribution is 0.388. The van der Waals surface area contributed by atoms with Crippen LogP contribution in [0.15, 0.2) is 9.59 Å². The minimum absolute atomic E-state index is 0.234. The predicted octanol–water partition coefficient (Wildman–Crippen LogP) is 0.608. The lowest BCUT2D eigenvalue weighted by atomic mass is 10.2. The molecule has 0 radical (unpaired) electrons. The highest BCUT2D eigenvalue weighted by Crippen LogP contribution is 2.11. The Labute approximate surface area is 99.1 Å². The second-order valence-corrected chi connectivity index (χ2v) is 3.73. The zero-order chi connectivity index (χ0) is 12.8. The van der Waals surface area contributed by atoms with Crippen molar-refractivity contribution in [3.8, 4) is 18.2 Å². The van der Waals surface area contributed by atoms with E-state index in [1.165, 1.54) is 4.57 Å². The molecule has 0 aliphatic rings. The van der Waals surface area contributed by atoms with Gasteiger partial charge in [-0.15, -0.1) is 12.3 Å². The lowest BCUT2D eigenvalue weighted by Crippen LogP contribution is -2.32. The van der Waals surface area contributed by atoms with Crippen LogP contribution in [0.1, 0.15) is 31.7 Å². The van der Waals surface area contributed by atoms with Gasteiger partial charge < -0.3 is 5.11 Å². The number of nitrogens with one attached hydrogen (secondary N) is 1. The molecule has 0 atom stereocenters. The molecular weight excluding hydrogens is 220 g/mol. The van der Waals surface area contributed by atoms with Gasteiger partial charge in [-0.2, -0.15) is 0 Å². The van der Waals surface area contributed by atoms with Crippen molar-refractivity contribution in [1.29, 1.82) is 0 Å². The second kappa shape index (κ2) is 5.94. The van der Waals surface area contributed by atoms with Gasteiger partial charge in [-0.25, -0.2) is 4.79 Å². The molecule has 0 fully saturated rings. The van der Waals surface area contributed by atoms with E-state index in [1.807, 2.05) is 0 Å². The Kier molecular flexibility index (Phi) is 4.58. The highest BCUT2D eigenvalue weighted by atomic mass is 16.3. The summed E-state index contributed by atoms with van der Waals surface area (Å²) in [7, 11) is 0. The smallest absolute Gasteiger partial charge is 0.331 e. The summed E-state index contributed by atoms with van der Waals surface area (Å²) in [6.07, 6.45) is 7.61. The van der Waals surface area contributed by atoms with Gasteiger partial charge >= 0.3 is 5.69 Å². The first-order valence-corrected chi connectivity index (χ1v) is 5.60. The number of aromatic amines is 1. The maximum atomic E-state index is 11.5. The van der Waals surface area contributed by atoms with Crippen molar-refractivity contribution >= 4 is 0 Å². The number of hydrogen-bond acceptors (Lipinski definition) is 3. The van der Waals surface area contributed by atoms with E-state index in [1.54, 1.807) is 6.92 Å². The summed E-state index contributed by atoms with van der Waals surface area (Å²) < 4.78 is 1.18. The van der Waals surface area contributed by atoms with E-state index in [4.69, 9.17) is 6.42 Å². The fraction of sp³-hybridized carbons (Fsp3) is 0.500. The predicted molar refractivity (Wildman–Crippen MR) is 65.0 cm³/mol. The summed E-state index contributed by atoms with van der Waals surface area (Å²) in [6, 6.07) is 0. The van der Waals surface area contributed by atoms with Gasteiger partial charge in [-0.3, -0.25) is 14.3 Å². The number of terminal acetylenes is 1. The van der Waals surface area contributed by atoms with Crippen molar-refractivity contribution < 1.29 is 5.11 Å². The first-order chi connectivity index (χ1) is 8.11. The summed E-state index contributed by atoms with van der Waals surface area (Å²) in [5.41, 5.74) is -0.859. The van der Waals surface area contributed by atoms with Crippen LogP contribution >= 0.6 is 0 Å². The number of aromatic nitrogens is 2. The first kappa shape index (κ1) is 13.1. The summed E-state index contributed by atoms with van der Waals surface area (Å²) in [4.78, 5) is 25.1. The van der Waals surface area contributed by atoms with Crippen LogP contribution in [-0.4, -0.2) is 14.7 Å². The number of hydrogen-bond donors (Lipinski definition) is 2. The first-order valence-electron chi connectivity index (χ1n) is 5.60. The van der Waals surface area contributed by atoms with E-state index < -0.39 is 11.2 Å². The average molecular weight is 236 g/mol. The van der Waals surface area contributed by atoms with Crippen molar-refractivity contribution in [2.75, 3.05) is 0 Å². The van der Waals surface area contributed by atoms with Gasteiger partial charge in [0.2, 0.25) is 5.88 Å². The van der Waals surface area contributed by atoms with Crippen LogP contribution in [0, 0.1) is 12.3 Å². The largest absolute Gasteiger partial charge is 0.494 e. The van der Waals surface area contributed by atoms with Gasteiger partial charge in [-0.05, 0) is 19.3 Å². The molecule has 1 heterocycles. The monoisotopic (exact) mass is 236 g/mol. The van der Waals surface area contributed by atoms with E-state index in [9.17, 15) is 14.7 Å². The maximum absolute atomic E-state index is 11.5. The van der Waals surface area contributed by atoms with Crippen LogP contribution in [0.2, 0.25) is 0 Å². The molecule has 0 aliphatic heterocycles. The third-order valence-corrected chi connectivity index (χ3v) is 2.57. The highest BCUT2D eigenvalue weighted by Gasteiger charge is 2.11. The third-order valence-electron chi connectivity index (χ3n) is 2.57. The minimum Gasteiger partial charge on any atom is -0.494 e. The maximum Gasteiger partial charge on any atom is 0.331 e. The number of unbranched alkanes of at least 4 members (excludes halogenated alkanes) is 2. The molecule has 2 N–H and O–H groups in total. The standard InChI is InChI=1S/C12H16N2O3/c1-3-5-6-7-8-14-11(16)9(4-2)10(15)13-12(14)17/h1,16H,4-8H2,2H3,(H,13,15,17). The Morgan fingerprint density at radius 3 is 2.71 bits per heavy atom. The van der Waals surface area contributed by atoms with Crippen molar-refractivity contribution in [1.82, 2.24) is 9.55 Å². The molecule has 0 unspecified atom stereocenters. The molecule has 1 aromatic heterocycles. The Morgan fingerprint density at radius 2 is 2.12 bits per heavy atom. The molecule has 5 nitrogen and oxygen atoms in total. The molecule has 0 saturated carbocycles. The molecule has 5 heteroatoms. The van der Waals surface area contributed by atoms with Gasteiger partial charge in [0.25, 0.3) is 5.56 Å². The molecule has 0 spiro atoms. The van der Waals surface area contributed by atoms with Gasteiger partial charge in [0.15, 0.2) is 0 Å². The van der Waals surface area contributed by atoms with E-state index in [-0.39, 0.29) is 11.4 Å². The molecule has 0 bridgehead atoms. The molecular formula is C12H16N2O3. The zero-order valence-electron chi connectivity index (χ0n) is 9.82. The van der Waals surface area contributed by atoms with E-state index in [2.05, 4.69) is 10.9 Å². The summed E-state index contributed by atoms with van der Waals surface area (Å²) in [5.74, 6) is 2.27. The highest BCUT2D eigenvalue weighted by molar-refractivity contribution is 5.22. The number of aromatic hydroxyl groups is 1. The van der Waals surface area contributed by atoms with Crippen molar-refractivity contribution in [2.45, 2.75) is 39.2 Å². The van der Waals surface area contributed by atoms with Crippen LogP contribution in [0.3, 0.4) is 0 Å². The summed E-state index contributed by atoms with van der Waals surface area (Å²) in [5, 5.41) is 9.81. The van der Waals surface area contributed by atoms with Crippen LogP contribution in [-0.2, 0) is 13.0 Å². The quantitative estimate of drug-likeness (QED) is 0.581. The van der Waals surface area contributed by atoms with E-state index >= 15 is 0 Å². The molecule has 1 aromatic rings. The molecule has 17 heavy (non-hydrogen) atoms. The van der Waals surface area contributed by atoms with E-state index in [0.29, 0.717) is 25.8 Å². The molecule has 0 saturated heterocycles. The average Bonchev–Trinajstić information content (AvgIpc) is 2.28. The summed E-state index contributed by atoms with van der Waals surface area (Å²) >= 11 is 0. The molecule has 92 valence electrons. The molecule has 0 aromatic carbocycles. The molecule has 0 aliphatic carbocycles. The minimum atomic E-state index is -0.578. The molecule has 0 amide bonds. The fourth-order valence-electron chi connectivity index (χ4n) is 1.62. The molecule has 1 rings (SSSR count). The van der Waals surface area contributed by atoms with Crippen LogP contribution in [0.25, 0.3) is 0 Å². The second-order valence-electron chi connectivity index (χ2n) is 3.73. The topological polar surface area (TPSA) is 75.1 Å². The SMILES string of the molecule is C#CCCCCn1c(O)c(CC)c(=O)[nH]c1=O. The number of nitrogens with zero attached hydrogens (tertiary/aromatic N) is 1. The number of H-pyrrole nitrogens is 1. The zero-order valence-corrected chi connectivity index (χ0v) is 9.82. The summed E-state index contributed by atoms with van der Waals surface area (Å²) in [6.45, 7) is 2.10. The van der Waals surface area contributed by atoms with Gasteiger partial charge in [0, 0.05) is 13.0 Å². The third kappa shape index (κ3) is 3.00. The Balaban J connectivity index is 2.96. The van der Waals surface area contributed by atoms with Crippen molar-refractivity contribution in [3.63, 3.8) is 0 Å². The van der Waals surface area contributed by atoms with Gasteiger partial charge in [0.1, 0.15) is 0 Å². The van der Waals surface area contributed by atoms with Crippen LogP contribution in [0.4, 0.5) is 0 Å². The Bertz CT molecular complexity index is 534. The number of rotatable bonds is 5. The van der Waals surface area contributed by atoms with Crippen molar-refractivity contribution in [3.05, 3.63) is 26.4 Å². The lowest BCUT2D eigenvalue weighted by Gasteiger charge is -2.09.